The highest BCUT2D eigenvalue weighted by atomic mass is 32.1. The molecule has 11 heteroatoms. The van der Waals surface area contributed by atoms with E-state index in [-0.39, 0.29) is 33.4 Å². The number of aromatic nitrogens is 2. The number of pyridine rings is 1. The van der Waals surface area contributed by atoms with Crippen LogP contribution < -0.4 is 15.0 Å². The van der Waals surface area contributed by atoms with E-state index >= 15 is 0 Å². The summed E-state index contributed by atoms with van der Waals surface area (Å²) in [4.78, 5) is 23.2. The van der Waals surface area contributed by atoms with E-state index in [1.165, 1.54) is 6.92 Å². The molecule has 1 aliphatic heterocycles. The van der Waals surface area contributed by atoms with E-state index in [0.29, 0.717) is 30.9 Å². The first-order chi connectivity index (χ1) is 17.3. The Balaban J connectivity index is 1.62. The van der Waals surface area contributed by atoms with Crippen LogP contribution in [0.25, 0.3) is 0 Å². The molecule has 1 N–H and O–H groups in total. The van der Waals surface area contributed by atoms with Crippen molar-refractivity contribution < 1.29 is 22.7 Å². The number of anilines is 3. The third kappa shape index (κ3) is 5.98. The van der Waals surface area contributed by atoms with Crippen molar-refractivity contribution >= 4 is 33.1 Å². The van der Waals surface area contributed by atoms with E-state index in [1.54, 1.807) is 35.2 Å². The highest BCUT2D eigenvalue weighted by Crippen LogP contribution is 2.44. The number of carbonyl (C=O) groups excluding carboxylic acids is 1. The number of rotatable bonds is 6. The number of carbonyl (C=O) groups is 1. The van der Waals surface area contributed by atoms with Crippen LogP contribution in [0.1, 0.15) is 45.4 Å². The number of nitrogens with zero attached hydrogens (tertiary/aromatic N) is 4. The molecule has 1 fully saturated rings. The molecule has 0 bridgehead atoms. The van der Waals surface area contributed by atoms with Gasteiger partial charge in [0, 0.05) is 38.8 Å². The van der Waals surface area contributed by atoms with Gasteiger partial charge in [0.05, 0.1) is 6.04 Å². The van der Waals surface area contributed by atoms with Gasteiger partial charge in [0.1, 0.15) is 16.4 Å². The second-order valence-corrected chi connectivity index (χ2v) is 11.0. The predicted molar refractivity (Wildman–Crippen MR) is 139 cm³/mol. The van der Waals surface area contributed by atoms with Gasteiger partial charge < -0.3 is 19.9 Å². The SMILES string of the molecule is CC(=O)N(C)C1CCN(c2sc(Nc3cccnc3Oc3ccccc3C(C)(C)C)nc2C(F)(F)F)C1. The molecule has 0 saturated carbocycles. The highest BCUT2D eigenvalue weighted by Gasteiger charge is 2.41. The van der Waals surface area contributed by atoms with E-state index < -0.39 is 11.9 Å². The lowest BCUT2D eigenvalue weighted by Gasteiger charge is -2.24. The van der Waals surface area contributed by atoms with Gasteiger partial charge in [0.2, 0.25) is 11.8 Å². The number of amides is 1. The summed E-state index contributed by atoms with van der Waals surface area (Å²) in [6, 6.07) is 10.8. The van der Waals surface area contributed by atoms with Crippen molar-refractivity contribution in [3.8, 4) is 11.6 Å². The molecule has 0 aliphatic carbocycles. The van der Waals surface area contributed by atoms with E-state index in [4.69, 9.17) is 4.74 Å². The molecule has 1 atom stereocenters. The molecule has 0 spiro atoms. The summed E-state index contributed by atoms with van der Waals surface area (Å²) in [5.74, 6) is 0.728. The number of para-hydroxylation sites is 1. The zero-order valence-corrected chi connectivity index (χ0v) is 22.2. The molecule has 0 radical (unpaired) electrons. The Bertz CT molecular complexity index is 1270. The average molecular weight is 534 g/mol. The maximum absolute atomic E-state index is 13.9. The fourth-order valence-electron chi connectivity index (χ4n) is 4.23. The Morgan fingerprint density at radius 3 is 2.59 bits per heavy atom. The highest BCUT2D eigenvalue weighted by molar-refractivity contribution is 7.19. The summed E-state index contributed by atoms with van der Waals surface area (Å²) in [6.07, 6.45) is -2.48. The van der Waals surface area contributed by atoms with Crippen molar-refractivity contribution in [3.63, 3.8) is 0 Å². The fourth-order valence-corrected chi connectivity index (χ4v) is 5.26. The lowest BCUT2D eigenvalue weighted by atomic mass is 9.86. The van der Waals surface area contributed by atoms with Crippen molar-refractivity contribution in [2.75, 3.05) is 30.4 Å². The standard InChI is InChI=1S/C26H30F3N5O2S/c1-16(35)33(5)17-12-14-34(15-17)23-21(26(27,28)29)32-24(37-23)31-19-10-8-13-30-22(19)36-20-11-7-6-9-18(20)25(2,3)4/h6-11,13,17H,12,14-15H2,1-5H3,(H,31,32). The minimum atomic E-state index is -4.63. The van der Waals surface area contributed by atoms with Gasteiger partial charge in [-0.25, -0.2) is 9.97 Å². The van der Waals surface area contributed by atoms with E-state index in [1.807, 2.05) is 24.3 Å². The Kier molecular flexibility index (Phi) is 7.36. The molecule has 7 nitrogen and oxygen atoms in total. The number of halogens is 3. The van der Waals surface area contributed by atoms with Gasteiger partial charge in [0.25, 0.3) is 0 Å². The molecule has 3 heterocycles. The summed E-state index contributed by atoms with van der Waals surface area (Å²) < 4.78 is 48.0. The van der Waals surface area contributed by atoms with Crippen LogP contribution in [0.5, 0.6) is 11.6 Å². The van der Waals surface area contributed by atoms with Gasteiger partial charge in [0.15, 0.2) is 10.8 Å². The molecule has 4 rings (SSSR count). The number of hydrogen-bond donors (Lipinski definition) is 1. The second-order valence-electron chi connectivity index (χ2n) is 10.0. The molecule has 1 aromatic carbocycles. The quantitative estimate of drug-likeness (QED) is 0.393. The smallest absolute Gasteiger partial charge is 0.436 e. The Hall–Kier alpha value is -3.34. The van der Waals surface area contributed by atoms with E-state index in [9.17, 15) is 18.0 Å². The normalized spacial score (nSPS) is 16.1. The van der Waals surface area contributed by atoms with Crippen LogP contribution in [0.2, 0.25) is 0 Å². The van der Waals surface area contributed by atoms with Crippen LogP contribution in [0, 0.1) is 0 Å². The van der Waals surface area contributed by atoms with Crippen LogP contribution in [0.15, 0.2) is 42.6 Å². The van der Waals surface area contributed by atoms with Crippen molar-refractivity contribution in [1.82, 2.24) is 14.9 Å². The van der Waals surface area contributed by atoms with E-state index in [0.717, 1.165) is 16.9 Å². The lowest BCUT2D eigenvalue weighted by Crippen LogP contribution is -2.37. The third-order valence-corrected chi connectivity index (χ3v) is 7.32. The Morgan fingerprint density at radius 2 is 1.92 bits per heavy atom. The molecule has 37 heavy (non-hydrogen) atoms. The van der Waals surface area contributed by atoms with Crippen LogP contribution in [0.4, 0.5) is 29.0 Å². The minimum Gasteiger partial charge on any atom is -0.437 e. The number of alkyl halides is 3. The molecule has 2 aromatic heterocycles. The molecule has 3 aromatic rings. The minimum absolute atomic E-state index is 0.0267. The lowest BCUT2D eigenvalue weighted by molar-refractivity contribution is -0.140. The molecular formula is C26H30F3N5O2S. The molecule has 1 saturated heterocycles. The number of thiazole rings is 1. The zero-order valence-electron chi connectivity index (χ0n) is 21.4. The molecule has 198 valence electrons. The first-order valence-electron chi connectivity index (χ1n) is 11.9. The van der Waals surface area contributed by atoms with Gasteiger partial charge in [-0.05, 0) is 30.0 Å². The molecule has 1 amide bonds. The monoisotopic (exact) mass is 533 g/mol. The summed E-state index contributed by atoms with van der Waals surface area (Å²) in [7, 11) is 1.67. The Morgan fingerprint density at radius 1 is 1.19 bits per heavy atom. The van der Waals surface area contributed by atoms with Crippen molar-refractivity contribution in [2.45, 2.75) is 51.7 Å². The second kappa shape index (κ2) is 10.2. The first kappa shape index (κ1) is 26.7. The maximum Gasteiger partial charge on any atom is 0.436 e. The Labute approximate surface area is 218 Å². The topological polar surface area (TPSA) is 70.6 Å². The van der Waals surface area contributed by atoms with Crippen LogP contribution in [-0.4, -0.2) is 47.0 Å². The van der Waals surface area contributed by atoms with Crippen molar-refractivity contribution in [3.05, 3.63) is 53.9 Å². The largest absolute Gasteiger partial charge is 0.437 e. The number of nitrogens with one attached hydrogen (secondary N) is 1. The summed E-state index contributed by atoms with van der Waals surface area (Å²) in [5, 5.41) is 3.09. The summed E-state index contributed by atoms with van der Waals surface area (Å²) in [6.45, 7) is 8.37. The predicted octanol–water partition coefficient (Wildman–Crippen LogP) is 6.45. The third-order valence-electron chi connectivity index (χ3n) is 6.29. The number of hydrogen-bond acceptors (Lipinski definition) is 7. The number of benzene rings is 1. The first-order valence-corrected chi connectivity index (χ1v) is 12.7. The van der Waals surface area contributed by atoms with Gasteiger partial charge in [-0.3, -0.25) is 4.79 Å². The van der Waals surface area contributed by atoms with Crippen molar-refractivity contribution in [2.24, 2.45) is 0 Å². The summed E-state index contributed by atoms with van der Waals surface area (Å²) >= 11 is 0.920. The number of ether oxygens (including phenoxy) is 1. The van der Waals surface area contributed by atoms with Crippen LogP contribution in [0.3, 0.4) is 0 Å². The maximum atomic E-state index is 13.9. The van der Waals surface area contributed by atoms with Crippen LogP contribution >= 0.6 is 11.3 Å². The molecule has 1 aliphatic rings. The van der Waals surface area contributed by atoms with E-state index in [2.05, 4.69) is 36.1 Å². The number of likely N-dealkylation sites (N-methyl/N-ethyl adjacent to an activating group) is 1. The van der Waals surface area contributed by atoms with Crippen LogP contribution in [-0.2, 0) is 16.4 Å². The van der Waals surface area contributed by atoms with Gasteiger partial charge >= 0.3 is 6.18 Å². The fraction of sp³-hybridized carbons (Fsp3) is 0.423. The molecular weight excluding hydrogens is 503 g/mol. The van der Waals surface area contributed by atoms with Gasteiger partial charge in [-0.2, -0.15) is 13.2 Å². The van der Waals surface area contributed by atoms with Gasteiger partial charge in [-0.15, -0.1) is 0 Å². The summed E-state index contributed by atoms with van der Waals surface area (Å²) in [5.41, 5.74) is 0.238. The van der Waals surface area contributed by atoms with Crippen molar-refractivity contribution in [1.29, 1.82) is 0 Å². The van der Waals surface area contributed by atoms with Gasteiger partial charge in [-0.1, -0.05) is 50.3 Å². The zero-order chi connectivity index (χ0) is 27.0. The average Bonchev–Trinajstić information content (AvgIpc) is 3.47. The molecule has 1 unspecified atom stereocenters.